The third kappa shape index (κ3) is 4.82. The van der Waals surface area contributed by atoms with E-state index in [0.717, 1.165) is 34.4 Å². The van der Waals surface area contributed by atoms with Crippen molar-refractivity contribution in [2.24, 2.45) is 0 Å². The van der Waals surface area contributed by atoms with Gasteiger partial charge < -0.3 is 14.5 Å². The Bertz CT molecular complexity index is 493. The summed E-state index contributed by atoms with van der Waals surface area (Å²) in [6.07, 6.45) is 1.78. The third-order valence-electron chi connectivity index (χ3n) is 2.71. The van der Waals surface area contributed by atoms with Crippen molar-refractivity contribution in [2.75, 3.05) is 6.54 Å². The summed E-state index contributed by atoms with van der Waals surface area (Å²) in [5.74, 6) is 0.866. The number of furan rings is 1. The van der Waals surface area contributed by atoms with E-state index in [0.29, 0.717) is 13.2 Å². The molecule has 2 rings (SSSR count). The van der Waals surface area contributed by atoms with Gasteiger partial charge in [-0.05, 0) is 30.3 Å². The Kier molecular flexibility index (Phi) is 5.63. The molecule has 0 saturated heterocycles. The Hall–Kier alpha value is -1.10. The molecular weight excluding hydrogens is 306 g/mol. The fourth-order valence-corrected chi connectivity index (χ4v) is 1.98. The SMILES string of the molecule is CCNCc1coc(COCc2ccc(Br)cc2)c1. The Morgan fingerprint density at radius 1 is 1.16 bits per heavy atom. The average Bonchev–Trinajstić information content (AvgIpc) is 2.87. The zero-order chi connectivity index (χ0) is 13.5. The van der Waals surface area contributed by atoms with Gasteiger partial charge in [0.1, 0.15) is 12.4 Å². The molecule has 0 radical (unpaired) electrons. The molecule has 0 fully saturated rings. The average molecular weight is 324 g/mol. The van der Waals surface area contributed by atoms with Crippen molar-refractivity contribution in [3.63, 3.8) is 0 Å². The van der Waals surface area contributed by atoms with Crippen LogP contribution in [0.3, 0.4) is 0 Å². The van der Waals surface area contributed by atoms with Gasteiger partial charge in [-0.15, -0.1) is 0 Å². The number of hydrogen-bond donors (Lipinski definition) is 1. The lowest BCUT2D eigenvalue weighted by Crippen LogP contribution is -2.10. The second-order valence-electron chi connectivity index (χ2n) is 4.32. The first-order chi connectivity index (χ1) is 9.28. The van der Waals surface area contributed by atoms with E-state index in [2.05, 4.69) is 28.2 Å². The molecule has 1 aromatic carbocycles. The summed E-state index contributed by atoms with van der Waals surface area (Å²) in [5.41, 5.74) is 2.31. The van der Waals surface area contributed by atoms with Gasteiger partial charge in [0.25, 0.3) is 0 Å². The molecule has 3 nitrogen and oxygen atoms in total. The van der Waals surface area contributed by atoms with Gasteiger partial charge in [-0.25, -0.2) is 0 Å². The molecule has 2 aromatic rings. The summed E-state index contributed by atoms with van der Waals surface area (Å²) < 4.78 is 12.2. The monoisotopic (exact) mass is 323 g/mol. The second kappa shape index (κ2) is 7.48. The number of hydrogen-bond acceptors (Lipinski definition) is 3. The van der Waals surface area contributed by atoms with Crippen molar-refractivity contribution < 1.29 is 9.15 Å². The van der Waals surface area contributed by atoms with Crippen LogP contribution in [0.2, 0.25) is 0 Å². The first-order valence-corrected chi connectivity index (χ1v) is 7.16. The van der Waals surface area contributed by atoms with Crippen LogP contribution in [0.4, 0.5) is 0 Å². The van der Waals surface area contributed by atoms with Crippen molar-refractivity contribution in [3.05, 3.63) is 58.0 Å². The van der Waals surface area contributed by atoms with E-state index in [9.17, 15) is 0 Å². The minimum Gasteiger partial charge on any atom is -0.467 e. The highest BCUT2D eigenvalue weighted by molar-refractivity contribution is 9.10. The highest BCUT2D eigenvalue weighted by atomic mass is 79.9. The van der Waals surface area contributed by atoms with Gasteiger partial charge >= 0.3 is 0 Å². The maximum absolute atomic E-state index is 5.63. The zero-order valence-corrected chi connectivity index (χ0v) is 12.6. The van der Waals surface area contributed by atoms with Crippen LogP contribution in [0.15, 0.2) is 45.5 Å². The van der Waals surface area contributed by atoms with Crippen LogP contribution in [0.5, 0.6) is 0 Å². The molecule has 0 spiro atoms. The molecule has 4 heteroatoms. The third-order valence-corrected chi connectivity index (χ3v) is 3.24. The molecule has 0 amide bonds. The lowest BCUT2D eigenvalue weighted by atomic mass is 10.2. The maximum atomic E-state index is 5.63. The smallest absolute Gasteiger partial charge is 0.129 e. The van der Waals surface area contributed by atoms with Crippen molar-refractivity contribution in [1.29, 1.82) is 0 Å². The van der Waals surface area contributed by atoms with E-state index in [1.54, 1.807) is 6.26 Å². The van der Waals surface area contributed by atoms with Gasteiger partial charge in [-0.3, -0.25) is 0 Å². The molecule has 102 valence electrons. The van der Waals surface area contributed by atoms with Gasteiger partial charge in [0.15, 0.2) is 0 Å². The van der Waals surface area contributed by atoms with Crippen LogP contribution in [-0.2, 0) is 24.5 Å². The van der Waals surface area contributed by atoms with E-state index in [4.69, 9.17) is 9.15 Å². The van der Waals surface area contributed by atoms with Crippen LogP contribution in [-0.4, -0.2) is 6.54 Å². The van der Waals surface area contributed by atoms with Crippen LogP contribution in [0.25, 0.3) is 0 Å². The molecular formula is C15H18BrNO2. The Labute approximate surface area is 122 Å². The maximum Gasteiger partial charge on any atom is 0.129 e. The van der Waals surface area contributed by atoms with Crippen molar-refractivity contribution in [2.45, 2.75) is 26.7 Å². The molecule has 0 bridgehead atoms. The largest absolute Gasteiger partial charge is 0.467 e. The summed E-state index contributed by atoms with van der Waals surface area (Å²) in [5, 5.41) is 3.26. The van der Waals surface area contributed by atoms with Gasteiger partial charge in [-0.2, -0.15) is 0 Å². The van der Waals surface area contributed by atoms with Crippen molar-refractivity contribution >= 4 is 15.9 Å². The fraction of sp³-hybridized carbons (Fsp3) is 0.333. The molecule has 1 heterocycles. The molecule has 0 saturated carbocycles. The molecule has 0 atom stereocenters. The highest BCUT2D eigenvalue weighted by Crippen LogP contribution is 2.13. The number of nitrogens with one attached hydrogen (secondary N) is 1. The van der Waals surface area contributed by atoms with E-state index in [1.807, 2.05) is 30.3 Å². The predicted octanol–water partition coefficient (Wildman–Crippen LogP) is 3.87. The normalized spacial score (nSPS) is 10.8. The Morgan fingerprint density at radius 3 is 2.68 bits per heavy atom. The standard InChI is InChI=1S/C15H18BrNO2/c1-2-17-8-13-7-15(19-10-13)11-18-9-12-3-5-14(16)6-4-12/h3-7,10,17H,2,8-9,11H2,1H3. The topological polar surface area (TPSA) is 34.4 Å². The minimum atomic E-state index is 0.502. The van der Waals surface area contributed by atoms with Gasteiger partial charge in [-0.1, -0.05) is 35.0 Å². The number of rotatable bonds is 7. The van der Waals surface area contributed by atoms with E-state index in [-0.39, 0.29) is 0 Å². The first-order valence-electron chi connectivity index (χ1n) is 6.37. The zero-order valence-electron chi connectivity index (χ0n) is 11.0. The van der Waals surface area contributed by atoms with Gasteiger partial charge in [0, 0.05) is 16.6 Å². The van der Waals surface area contributed by atoms with Gasteiger partial charge in [0.05, 0.1) is 12.9 Å². The molecule has 1 aromatic heterocycles. The molecule has 19 heavy (non-hydrogen) atoms. The molecule has 0 unspecified atom stereocenters. The van der Waals surface area contributed by atoms with Crippen LogP contribution < -0.4 is 5.32 Å². The molecule has 1 N–H and O–H groups in total. The quantitative estimate of drug-likeness (QED) is 0.840. The molecule has 0 aliphatic carbocycles. The molecule has 0 aliphatic rings. The van der Waals surface area contributed by atoms with Crippen LogP contribution in [0.1, 0.15) is 23.8 Å². The van der Waals surface area contributed by atoms with E-state index >= 15 is 0 Å². The summed E-state index contributed by atoms with van der Waals surface area (Å²) >= 11 is 3.41. The van der Waals surface area contributed by atoms with Crippen LogP contribution in [0, 0.1) is 0 Å². The summed E-state index contributed by atoms with van der Waals surface area (Å²) in [7, 11) is 0. The second-order valence-corrected chi connectivity index (χ2v) is 5.24. The first kappa shape index (κ1) is 14.3. The number of benzene rings is 1. The number of halogens is 1. The highest BCUT2D eigenvalue weighted by Gasteiger charge is 2.02. The lowest BCUT2D eigenvalue weighted by Gasteiger charge is -2.02. The van der Waals surface area contributed by atoms with E-state index < -0.39 is 0 Å². The number of ether oxygens (including phenoxy) is 1. The fourth-order valence-electron chi connectivity index (χ4n) is 1.71. The van der Waals surface area contributed by atoms with Crippen molar-refractivity contribution in [3.8, 4) is 0 Å². The summed E-state index contributed by atoms with van der Waals surface area (Å²) in [6.45, 7) is 4.98. The predicted molar refractivity (Wildman–Crippen MR) is 78.7 cm³/mol. The summed E-state index contributed by atoms with van der Waals surface area (Å²) in [6, 6.07) is 10.1. The Morgan fingerprint density at radius 2 is 1.95 bits per heavy atom. The Balaban J connectivity index is 1.76. The lowest BCUT2D eigenvalue weighted by molar-refractivity contribution is 0.0929. The van der Waals surface area contributed by atoms with Crippen molar-refractivity contribution in [1.82, 2.24) is 5.32 Å². The summed E-state index contributed by atoms with van der Waals surface area (Å²) in [4.78, 5) is 0. The van der Waals surface area contributed by atoms with Gasteiger partial charge in [0.2, 0.25) is 0 Å². The minimum absolute atomic E-state index is 0.502. The van der Waals surface area contributed by atoms with E-state index in [1.165, 1.54) is 0 Å². The van der Waals surface area contributed by atoms with Crippen LogP contribution >= 0.6 is 15.9 Å². The molecule has 0 aliphatic heterocycles.